The van der Waals surface area contributed by atoms with E-state index < -0.39 is 0 Å². The molecule has 1 aromatic carbocycles. The van der Waals surface area contributed by atoms with E-state index in [4.69, 9.17) is 5.73 Å². The Kier molecular flexibility index (Phi) is 5.25. The minimum absolute atomic E-state index is 0.00605. The summed E-state index contributed by atoms with van der Waals surface area (Å²) < 4.78 is 1.64. The molecule has 0 radical (unpaired) electrons. The summed E-state index contributed by atoms with van der Waals surface area (Å²) in [7, 11) is 0. The van der Waals surface area contributed by atoms with E-state index in [0.29, 0.717) is 26.1 Å². The number of hydrogen-bond acceptors (Lipinski definition) is 4. The molecule has 0 aliphatic carbocycles. The third-order valence-electron chi connectivity index (χ3n) is 2.99. The molecule has 106 valence electrons. The first-order valence-corrected chi connectivity index (χ1v) is 6.66. The maximum atomic E-state index is 11.7. The average molecular weight is 273 g/mol. The Labute approximate surface area is 118 Å². The van der Waals surface area contributed by atoms with Crippen molar-refractivity contribution in [3.63, 3.8) is 0 Å². The zero-order valence-corrected chi connectivity index (χ0v) is 11.3. The number of benzene rings is 1. The summed E-state index contributed by atoms with van der Waals surface area (Å²) in [5.74, 6) is 0.00605. The van der Waals surface area contributed by atoms with E-state index in [0.717, 1.165) is 12.0 Å². The number of nitrogens with two attached hydrogens (primary N) is 1. The summed E-state index contributed by atoms with van der Waals surface area (Å²) in [5, 5.41) is 10.4. The van der Waals surface area contributed by atoms with Gasteiger partial charge in [0, 0.05) is 19.2 Å². The molecule has 0 fully saturated rings. The van der Waals surface area contributed by atoms with Gasteiger partial charge in [-0.25, -0.2) is 0 Å². The number of carbonyl (C=O) groups excluding carboxylic acids is 1. The van der Waals surface area contributed by atoms with Gasteiger partial charge in [-0.2, -0.15) is 0 Å². The second kappa shape index (κ2) is 7.40. The summed E-state index contributed by atoms with van der Waals surface area (Å²) in [6.45, 7) is 1.73. The Morgan fingerprint density at radius 2 is 2.00 bits per heavy atom. The smallest absolute Gasteiger partial charge is 0.222 e. The van der Waals surface area contributed by atoms with Crippen LogP contribution in [0.1, 0.15) is 17.5 Å². The second-order valence-corrected chi connectivity index (χ2v) is 4.55. The van der Waals surface area contributed by atoms with Crippen molar-refractivity contribution in [3.8, 4) is 0 Å². The van der Waals surface area contributed by atoms with Crippen LogP contribution in [0.2, 0.25) is 0 Å². The van der Waals surface area contributed by atoms with Crippen molar-refractivity contribution in [1.29, 1.82) is 0 Å². The van der Waals surface area contributed by atoms with E-state index in [2.05, 4.69) is 15.6 Å². The normalized spacial score (nSPS) is 10.4. The van der Waals surface area contributed by atoms with Gasteiger partial charge < -0.3 is 11.1 Å². The van der Waals surface area contributed by atoms with Gasteiger partial charge in [0.1, 0.15) is 0 Å². The lowest BCUT2D eigenvalue weighted by atomic mass is 10.1. The van der Waals surface area contributed by atoms with Crippen LogP contribution in [0.5, 0.6) is 0 Å². The monoisotopic (exact) mass is 273 g/mol. The number of carbonyl (C=O) groups is 1. The number of aryl methyl sites for hydroxylation is 1. The van der Waals surface area contributed by atoms with Crippen LogP contribution in [-0.2, 0) is 24.3 Å². The van der Waals surface area contributed by atoms with Crippen molar-refractivity contribution >= 4 is 5.91 Å². The van der Waals surface area contributed by atoms with Gasteiger partial charge in [0.25, 0.3) is 0 Å². The predicted molar refractivity (Wildman–Crippen MR) is 75.7 cm³/mol. The van der Waals surface area contributed by atoms with Crippen molar-refractivity contribution in [2.24, 2.45) is 5.73 Å². The van der Waals surface area contributed by atoms with Crippen LogP contribution >= 0.6 is 0 Å². The lowest BCUT2D eigenvalue weighted by molar-refractivity contribution is -0.121. The maximum Gasteiger partial charge on any atom is 0.222 e. The number of aromatic nitrogens is 3. The standard InChI is InChI=1S/C14H19N5O/c15-7-5-12-1-3-13(4-2-12)11-16-14(20)6-9-19-10-8-17-18-19/h1-4,8,10H,5-7,9,11,15H2,(H,16,20). The quantitative estimate of drug-likeness (QED) is 0.768. The number of nitrogens with zero attached hydrogens (tertiary/aromatic N) is 3. The molecule has 0 spiro atoms. The molecule has 20 heavy (non-hydrogen) atoms. The highest BCUT2D eigenvalue weighted by Crippen LogP contribution is 2.04. The maximum absolute atomic E-state index is 11.7. The molecule has 0 atom stereocenters. The third-order valence-corrected chi connectivity index (χ3v) is 2.99. The second-order valence-electron chi connectivity index (χ2n) is 4.55. The average Bonchev–Trinajstić information content (AvgIpc) is 2.98. The molecule has 0 aliphatic heterocycles. The Balaban J connectivity index is 1.72. The molecule has 3 N–H and O–H groups in total. The van der Waals surface area contributed by atoms with Crippen LogP contribution in [0.15, 0.2) is 36.7 Å². The lowest BCUT2D eigenvalue weighted by Crippen LogP contribution is -2.24. The van der Waals surface area contributed by atoms with Crippen LogP contribution in [0.4, 0.5) is 0 Å². The lowest BCUT2D eigenvalue weighted by Gasteiger charge is -2.06. The molecular weight excluding hydrogens is 254 g/mol. The Bertz CT molecular complexity index is 521. The zero-order chi connectivity index (χ0) is 14.2. The Morgan fingerprint density at radius 1 is 1.25 bits per heavy atom. The first-order chi connectivity index (χ1) is 9.78. The first-order valence-electron chi connectivity index (χ1n) is 6.66. The molecule has 0 aliphatic rings. The van der Waals surface area contributed by atoms with Gasteiger partial charge in [0.15, 0.2) is 0 Å². The summed E-state index contributed by atoms with van der Waals surface area (Å²) in [5.41, 5.74) is 7.80. The molecule has 0 unspecified atom stereocenters. The molecular formula is C14H19N5O. The summed E-state index contributed by atoms with van der Waals surface area (Å²) >= 11 is 0. The molecule has 6 nitrogen and oxygen atoms in total. The van der Waals surface area contributed by atoms with Crippen molar-refractivity contribution < 1.29 is 4.79 Å². The number of hydrogen-bond donors (Lipinski definition) is 2. The van der Waals surface area contributed by atoms with Crippen molar-refractivity contribution in [2.45, 2.75) is 25.9 Å². The highest BCUT2D eigenvalue weighted by Gasteiger charge is 2.02. The van der Waals surface area contributed by atoms with Gasteiger partial charge in [-0.1, -0.05) is 29.5 Å². The minimum Gasteiger partial charge on any atom is -0.352 e. The van der Waals surface area contributed by atoms with E-state index in [1.54, 1.807) is 17.1 Å². The number of rotatable bonds is 7. The van der Waals surface area contributed by atoms with Crippen molar-refractivity contribution in [3.05, 3.63) is 47.8 Å². The fourth-order valence-corrected chi connectivity index (χ4v) is 1.85. The topological polar surface area (TPSA) is 85.8 Å². The van der Waals surface area contributed by atoms with Gasteiger partial charge in [-0.05, 0) is 24.1 Å². The SMILES string of the molecule is NCCc1ccc(CNC(=O)CCn2ccnn2)cc1. The van der Waals surface area contributed by atoms with Crippen LogP contribution < -0.4 is 11.1 Å². The van der Waals surface area contributed by atoms with E-state index in [1.807, 2.05) is 24.3 Å². The highest BCUT2D eigenvalue weighted by atomic mass is 16.1. The summed E-state index contributed by atoms with van der Waals surface area (Å²) in [4.78, 5) is 11.7. The van der Waals surface area contributed by atoms with Crippen molar-refractivity contribution in [1.82, 2.24) is 20.3 Å². The van der Waals surface area contributed by atoms with Gasteiger partial charge in [-0.3, -0.25) is 9.48 Å². The highest BCUT2D eigenvalue weighted by molar-refractivity contribution is 5.75. The zero-order valence-electron chi connectivity index (χ0n) is 11.3. The van der Waals surface area contributed by atoms with E-state index in [-0.39, 0.29) is 5.91 Å². The van der Waals surface area contributed by atoms with E-state index in [9.17, 15) is 4.79 Å². The fraction of sp³-hybridized carbons (Fsp3) is 0.357. The molecule has 1 aromatic heterocycles. The van der Waals surface area contributed by atoms with E-state index in [1.165, 1.54) is 5.56 Å². The molecule has 1 amide bonds. The summed E-state index contributed by atoms with van der Waals surface area (Å²) in [6, 6.07) is 8.12. The predicted octanol–water partition coefficient (Wildman–Crippen LogP) is 0.486. The van der Waals surface area contributed by atoms with Crippen molar-refractivity contribution in [2.75, 3.05) is 6.54 Å². The molecule has 0 bridgehead atoms. The molecule has 0 saturated heterocycles. The van der Waals surface area contributed by atoms with Crippen LogP contribution in [0.25, 0.3) is 0 Å². The molecule has 2 rings (SSSR count). The summed E-state index contributed by atoms with van der Waals surface area (Å²) in [6.07, 6.45) is 4.61. The van der Waals surface area contributed by atoms with Gasteiger partial charge in [0.05, 0.1) is 12.7 Å². The Hall–Kier alpha value is -2.21. The molecule has 0 saturated carbocycles. The molecule has 6 heteroatoms. The minimum atomic E-state index is 0.00605. The van der Waals surface area contributed by atoms with E-state index >= 15 is 0 Å². The van der Waals surface area contributed by atoms with Gasteiger partial charge in [-0.15, -0.1) is 5.10 Å². The fourth-order valence-electron chi connectivity index (χ4n) is 1.85. The molecule has 1 heterocycles. The molecule has 2 aromatic rings. The first kappa shape index (κ1) is 14.2. The van der Waals surface area contributed by atoms with Gasteiger partial charge in [0.2, 0.25) is 5.91 Å². The Morgan fingerprint density at radius 3 is 2.65 bits per heavy atom. The van der Waals surface area contributed by atoms with Crippen LogP contribution in [-0.4, -0.2) is 27.4 Å². The largest absolute Gasteiger partial charge is 0.352 e. The number of nitrogens with one attached hydrogen (secondary N) is 1. The third kappa shape index (κ3) is 4.47. The van der Waals surface area contributed by atoms with Crippen LogP contribution in [0.3, 0.4) is 0 Å². The van der Waals surface area contributed by atoms with Crippen LogP contribution in [0, 0.1) is 0 Å². The number of amides is 1. The van der Waals surface area contributed by atoms with Gasteiger partial charge >= 0.3 is 0 Å².